The van der Waals surface area contributed by atoms with Gasteiger partial charge in [0.15, 0.2) is 0 Å². The number of carbonyl (C=O) groups is 2. The molecule has 0 saturated heterocycles. The summed E-state index contributed by atoms with van der Waals surface area (Å²) in [6.45, 7) is 4.01. The Labute approximate surface area is 222 Å². The highest BCUT2D eigenvalue weighted by molar-refractivity contribution is 5.90. The first-order chi connectivity index (χ1) is 18.5. The smallest absolute Gasteiger partial charge is 0.290 e. The molecule has 194 valence electrons. The van der Waals surface area contributed by atoms with E-state index in [1.807, 2.05) is 98.8 Å². The summed E-state index contributed by atoms with van der Waals surface area (Å²) in [6.07, 6.45) is 0.120. The van der Waals surface area contributed by atoms with Crippen molar-refractivity contribution in [1.82, 2.24) is 0 Å². The third-order valence-corrected chi connectivity index (χ3v) is 6.21. The predicted molar refractivity (Wildman–Crippen MR) is 145 cm³/mol. The maximum atomic E-state index is 12.6. The topological polar surface area (TPSA) is 71.1 Å². The van der Waals surface area contributed by atoms with Crippen LogP contribution in [0.1, 0.15) is 47.4 Å². The molecule has 0 fully saturated rings. The van der Waals surface area contributed by atoms with Gasteiger partial charge >= 0.3 is 11.9 Å². The minimum atomic E-state index is -1.08. The van der Waals surface area contributed by atoms with Gasteiger partial charge in [-0.2, -0.15) is 0 Å². The first-order valence-corrected chi connectivity index (χ1v) is 12.6. The number of carbonyl (C=O) groups excluding carboxylic acids is 2. The molecular weight excluding hydrogens is 480 g/mol. The van der Waals surface area contributed by atoms with Gasteiger partial charge < -0.3 is 0 Å². The molecule has 1 atom stereocenters. The van der Waals surface area contributed by atoms with Crippen LogP contribution < -0.4 is 0 Å². The van der Waals surface area contributed by atoms with Crippen molar-refractivity contribution in [1.29, 1.82) is 0 Å². The van der Waals surface area contributed by atoms with E-state index < -0.39 is 18.2 Å². The van der Waals surface area contributed by atoms with Crippen LogP contribution in [-0.2, 0) is 19.6 Å². The Kier molecular flexibility index (Phi) is 9.40. The van der Waals surface area contributed by atoms with E-state index in [2.05, 4.69) is 0 Å². The fraction of sp³-hybridized carbons (Fsp3) is 0.188. The normalized spacial score (nSPS) is 11.7. The standard InChI is InChI=1S/C32H30O6/c1-3-23(2)22-30(35-37-31(33)28-18-14-26(15-19-28)24-10-6-4-7-11-24)36-38-32(34)29-20-16-27(17-21-29)25-12-8-5-9-13-25/h4-21,23,30H,3,22H2,1-2H3. The van der Waals surface area contributed by atoms with Crippen LogP contribution in [-0.4, -0.2) is 18.2 Å². The number of benzene rings is 4. The molecule has 0 radical (unpaired) electrons. The molecule has 4 aromatic rings. The molecule has 0 aliphatic heterocycles. The van der Waals surface area contributed by atoms with E-state index in [-0.39, 0.29) is 5.92 Å². The summed E-state index contributed by atoms with van der Waals surface area (Å²) in [5.41, 5.74) is 4.68. The second-order valence-electron chi connectivity index (χ2n) is 9.00. The molecule has 4 rings (SSSR count). The van der Waals surface area contributed by atoms with Crippen LogP contribution in [0.3, 0.4) is 0 Å². The Morgan fingerprint density at radius 2 is 0.947 bits per heavy atom. The van der Waals surface area contributed by atoms with E-state index in [0.29, 0.717) is 17.5 Å². The Morgan fingerprint density at radius 1 is 0.579 bits per heavy atom. The van der Waals surface area contributed by atoms with E-state index in [1.165, 1.54) is 0 Å². The molecule has 0 saturated carbocycles. The first-order valence-electron chi connectivity index (χ1n) is 12.6. The zero-order valence-corrected chi connectivity index (χ0v) is 21.4. The highest BCUT2D eigenvalue weighted by atomic mass is 17.3. The summed E-state index contributed by atoms with van der Waals surface area (Å²) in [6, 6.07) is 33.7. The molecular formula is C32H30O6. The van der Waals surface area contributed by atoms with Gasteiger partial charge in [-0.05, 0) is 52.4 Å². The van der Waals surface area contributed by atoms with E-state index in [9.17, 15) is 9.59 Å². The van der Waals surface area contributed by atoms with Crippen LogP contribution in [0.15, 0.2) is 109 Å². The summed E-state index contributed by atoms with van der Waals surface area (Å²) in [7, 11) is 0. The molecule has 0 aliphatic carbocycles. The fourth-order valence-corrected chi connectivity index (χ4v) is 3.74. The average molecular weight is 511 g/mol. The highest BCUT2D eigenvalue weighted by Crippen LogP contribution is 2.22. The van der Waals surface area contributed by atoms with Gasteiger partial charge in [-0.1, -0.05) is 105 Å². The summed E-state index contributed by atoms with van der Waals surface area (Å²) < 4.78 is 0. The zero-order valence-electron chi connectivity index (χ0n) is 21.4. The quantitative estimate of drug-likeness (QED) is 0.117. The second kappa shape index (κ2) is 13.3. The summed E-state index contributed by atoms with van der Waals surface area (Å²) in [5.74, 6) is -1.18. The molecule has 0 amide bonds. The minimum Gasteiger partial charge on any atom is -0.290 e. The summed E-state index contributed by atoms with van der Waals surface area (Å²) in [4.78, 5) is 45.7. The number of hydrogen-bond acceptors (Lipinski definition) is 6. The lowest BCUT2D eigenvalue weighted by atomic mass is 10.0. The Bertz CT molecular complexity index is 1200. The molecule has 6 heteroatoms. The van der Waals surface area contributed by atoms with Gasteiger partial charge in [-0.25, -0.2) is 9.59 Å². The molecule has 1 unspecified atom stereocenters. The van der Waals surface area contributed by atoms with Crippen LogP contribution in [0.2, 0.25) is 0 Å². The van der Waals surface area contributed by atoms with Crippen LogP contribution in [0.25, 0.3) is 22.3 Å². The zero-order chi connectivity index (χ0) is 26.7. The maximum absolute atomic E-state index is 12.6. The average Bonchev–Trinajstić information content (AvgIpc) is 2.99. The van der Waals surface area contributed by atoms with Gasteiger partial charge in [-0.15, -0.1) is 9.78 Å². The van der Waals surface area contributed by atoms with Crippen molar-refractivity contribution in [2.24, 2.45) is 5.92 Å². The molecule has 6 nitrogen and oxygen atoms in total. The van der Waals surface area contributed by atoms with Crippen molar-refractivity contribution in [2.45, 2.75) is 33.0 Å². The van der Waals surface area contributed by atoms with Gasteiger partial charge in [0.1, 0.15) is 0 Å². The lowest BCUT2D eigenvalue weighted by molar-refractivity contribution is -0.423. The molecule has 0 N–H and O–H groups in total. The Morgan fingerprint density at radius 3 is 1.32 bits per heavy atom. The molecule has 0 bridgehead atoms. The third-order valence-electron chi connectivity index (χ3n) is 6.21. The van der Waals surface area contributed by atoms with Crippen molar-refractivity contribution in [2.75, 3.05) is 0 Å². The molecule has 38 heavy (non-hydrogen) atoms. The van der Waals surface area contributed by atoms with Crippen molar-refractivity contribution in [3.05, 3.63) is 120 Å². The molecule has 0 spiro atoms. The van der Waals surface area contributed by atoms with Gasteiger partial charge in [0.25, 0.3) is 0 Å². The van der Waals surface area contributed by atoms with Crippen molar-refractivity contribution in [3.63, 3.8) is 0 Å². The fourth-order valence-electron chi connectivity index (χ4n) is 3.74. The summed E-state index contributed by atoms with van der Waals surface area (Å²) >= 11 is 0. The van der Waals surface area contributed by atoms with Crippen LogP contribution >= 0.6 is 0 Å². The Balaban J connectivity index is 1.33. The number of rotatable bonds is 11. The van der Waals surface area contributed by atoms with Crippen LogP contribution in [0.5, 0.6) is 0 Å². The molecule has 0 aromatic heterocycles. The van der Waals surface area contributed by atoms with E-state index in [1.54, 1.807) is 24.3 Å². The SMILES string of the molecule is CCC(C)CC(OOC(=O)c1ccc(-c2ccccc2)cc1)OOC(=O)c1ccc(-c2ccccc2)cc1. The van der Waals surface area contributed by atoms with Gasteiger partial charge in [0, 0.05) is 6.42 Å². The maximum Gasteiger partial charge on any atom is 0.373 e. The lowest BCUT2D eigenvalue weighted by Gasteiger charge is -2.18. The van der Waals surface area contributed by atoms with E-state index in [0.717, 1.165) is 28.7 Å². The Hall–Kier alpha value is -4.26. The van der Waals surface area contributed by atoms with E-state index >= 15 is 0 Å². The van der Waals surface area contributed by atoms with Gasteiger partial charge in [0.2, 0.25) is 6.29 Å². The lowest BCUT2D eigenvalue weighted by Crippen LogP contribution is -2.24. The molecule has 4 aromatic carbocycles. The monoisotopic (exact) mass is 510 g/mol. The summed E-state index contributed by atoms with van der Waals surface area (Å²) in [5, 5.41) is 0. The highest BCUT2D eigenvalue weighted by Gasteiger charge is 2.22. The largest absolute Gasteiger partial charge is 0.373 e. The van der Waals surface area contributed by atoms with E-state index in [4.69, 9.17) is 19.6 Å². The minimum absolute atomic E-state index is 0.174. The van der Waals surface area contributed by atoms with Crippen LogP contribution in [0.4, 0.5) is 0 Å². The third kappa shape index (κ3) is 7.38. The van der Waals surface area contributed by atoms with Gasteiger partial charge in [0.05, 0.1) is 11.1 Å². The second-order valence-corrected chi connectivity index (χ2v) is 9.00. The number of hydrogen-bond donors (Lipinski definition) is 0. The van der Waals surface area contributed by atoms with Crippen molar-refractivity contribution >= 4 is 11.9 Å². The predicted octanol–water partition coefficient (Wildman–Crippen LogP) is 7.66. The first kappa shape index (κ1) is 26.8. The molecule has 0 aliphatic rings. The van der Waals surface area contributed by atoms with Crippen LogP contribution in [0, 0.1) is 5.92 Å². The molecule has 0 heterocycles. The van der Waals surface area contributed by atoms with Crippen molar-refractivity contribution in [3.8, 4) is 22.3 Å². The van der Waals surface area contributed by atoms with Crippen molar-refractivity contribution < 1.29 is 29.1 Å². The van der Waals surface area contributed by atoms with Gasteiger partial charge in [-0.3, -0.25) is 9.78 Å².